The fraction of sp³-hybridized carbons (Fsp3) is 0.905. The number of hydrogen-bond donors (Lipinski definition) is 3. The van der Waals surface area contributed by atoms with Gasteiger partial charge in [-0.1, -0.05) is 19.8 Å². The zero-order valence-corrected chi connectivity index (χ0v) is 15.3. The van der Waals surface area contributed by atoms with E-state index < -0.39 is 12.2 Å². The van der Waals surface area contributed by atoms with Gasteiger partial charge in [-0.2, -0.15) is 0 Å². The normalized spacial score (nSPS) is 57.7. The number of fused-ring (bicyclic) bond motifs is 5. The first kappa shape index (κ1) is 17.8. The zero-order chi connectivity index (χ0) is 18.0. The molecule has 25 heavy (non-hydrogen) atoms. The molecule has 140 valence electrons. The third-order valence-electron chi connectivity index (χ3n) is 8.96. The van der Waals surface area contributed by atoms with E-state index in [0.717, 1.165) is 32.1 Å². The molecule has 5 unspecified atom stereocenters. The number of hydrogen-bond acceptors (Lipinski definition) is 3. The summed E-state index contributed by atoms with van der Waals surface area (Å²) in [4.78, 5) is 0. The van der Waals surface area contributed by atoms with Gasteiger partial charge in [-0.05, 0) is 79.4 Å². The van der Waals surface area contributed by atoms with Crippen molar-refractivity contribution < 1.29 is 19.7 Å². The van der Waals surface area contributed by atoms with Gasteiger partial charge in [0.25, 0.3) is 0 Å². The summed E-state index contributed by atoms with van der Waals surface area (Å²) in [5.74, 6) is 3.25. The van der Waals surface area contributed by atoms with Crippen LogP contribution in [0.25, 0.3) is 0 Å². The summed E-state index contributed by atoms with van der Waals surface area (Å²) in [6, 6.07) is 0. The van der Waals surface area contributed by atoms with Crippen LogP contribution in [0.4, 0.5) is 4.39 Å². The summed E-state index contributed by atoms with van der Waals surface area (Å²) in [6.07, 6.45) is 6.26. The van der Waals surface area contributed by atoms with E-state index in [1.807, 2.05) is 0 Å². The molecule has 0 heterocycles. The molecule has 4 rings (SSSR count). The molecule has 4 aliphatic rings. The lowest BCUT2D eigenvalue weighted by atomic mass is 9.43. The van der Waals surface area contributed by atoms with E-state index in [2.05, 4.69) is 19.8 Å². The maximum absolute atomic E-state index is 12.8. The molecule has 3 nitrogen and oxygen atoms in total. The third kappa shape index (κ3) is 2.35. The second-order valence-electron chi connectivity index (χ2n) is 9.71. The van der Waals surface area contributed by atoms with Crippen molar-refractivity contribution >= 4 is 0 Å². The summed E-state index contributed by atoms with van der Waals surface area (Å²) in [5.41, 5.74) is -0.0792. The molecule has 0 radical (unpaired) electrons. The van der Waals surface area contributed by atoms with Crippen molar-refractivity contribution in [3.8, 4) is 12.1 Å². The largest absolute Gasteiger partial charge is 0.393 e. The van der Waals surface area contributed by atoms with Gasteiger partial charge in [0, 0.05) is 0 Å². The molecule has 0 amide bonds. The second kappa shape index (κ2) is 5.94. The lowest BCUT2D eigenvalue weighted by Gasteiger charge is -2.62. The first-order valence-corrected chi connectivity index (χ1v) is 9.98. The Kier molecular flexibility index (Phi) is 4.22. The molecular formula is C21H31FO3. The van der Waals surface area contributed by atoms with Crippen LogP contribution in [0.1, 0.15) is 58.8 Å². The van der Waals surface area contributed by atoms with Crippen molar-refractivity contribution in [3.05, 3.63) is 0 Å². The van der Waals surface area contributed by atoms with E-state index in [0.29, 0.717) is 24.7 Å². The van der Waals surface area contributed by atoms with Crippen molar-refractivity contribution in [2.75, 3.05) is 0 Å². The van der Waals surface area contributed by atoms with Crippen LogP contribution in [0.15, 0.2) is 0 Å². The highest BCUT2D eigenvalue weighted by Crippen LogP contribution is 2.66. The van der Waals surface area contributed by atoms with Crippen LogP contribution in [0.2, 0.25) is 0 Å². The molecule has 3 N–H and O–H groups in total. The Balaban J connectivity index is 1.70. The van der Waals surface area contributed by atoms with Crippen molar-refractivity contribution in [3.63, 3.8) is 0 Å². The van der Waals surface area contributed by atoms with Crippen LogP contribution in [0.3, 0.4) is 0 Å². The number of aliphatic hydroxyl groups excluding tert-OH is 3. The first-order valence-electron chi connectivity index (χ1n) is 9.98. The van der Waals surface area contributed by atoms with Gasteiger partial charge in [-0.3, -0.25) is 0 Å². The van der Waals surface area contributed by atoms with Gasteiger partial charge in [-0.25, -0.2) is 0 Å². The van der Waals surface area contributed by atoms with Gasteiger partial charge in [0.1, 0.15) is 6.17 Å². The van der Waals surface area contributed by atoms with E-state index in [1.165, 1.54) is 6.17 Å². The Labute approximate surface area is 150 Å². The van der Waals surface area contributed by atoms with Crippen LogP contribution in [-0.4, -0.2) is 33.6 Å². The summed E-state index contributed by atoms with van der Waals surface area (Å²) in [6.45, 7) is 4.49. The van der Waals surface area contributed by atoms with Gasteiger partial charge in [0.15, 0.2) is 0 Å². The van der Waals surface area contributed by atoms with Crippen molar-refractivity contribution in [2.24, 2.45) is 40.4 Å². The Morgan fingerprint density at radius 1 is 0.840 bits per heavy atom. The van der Waals surface area contributed by atoms with E-state index in [9.17, 15) is 19.7 Å². The van der Waals surface area contributed by atoms with Gasteiger partial charge in [0.05, 0.1) is 24.2 Å². The Bertz CT molecular complexity index is 598. The fourth-order valence-electron chi connectivity index (χ4n) is 7.53. The lowest BCUT2D eigenvalue weighted by molar-refractivity contribution is -0.186. The molecule has 4 saturated carbocycles. The highest BCUT2D eigenvalue weighted by molar-refractivity contribution is 5.16. The average molecular weight is 350 g/mol. The topological polar surface area (TPSA) is 60.7 Å². The van der Waals surface area contributed by atoms with E-state index in [4.69, 9.17) is 0 Å². The Hall–Kier alpha value is -0.630. The maximum Gasteiger partial charge on any atom is 0.106 e. The highest BCUT2D eigenvalue weighted by Gasteiger charge is 2.63. The van der Waals surface area contributed by atoms with Crippen LogP contribution in [0.5, 0.6) is 0 Å². The summed E-state index contributed by atoms with van der Waals surface area (Å²) in [7, 11) is 0. The molecule has 0 aromatic heterocycles. The zero-order valence-electron chi connectivity index (χ0n) is 15.3. The molecule has 0 saturated heterocycles. The minimum atomic E-state index is -0.591. The molecule has 4 fully saturated rings. The van der Waals surface area contributed by atoms with Crippen LogP contribution in [-0.2, 0) is 0 Å². The second-order valence-corrected chi connectivity index (χ2v) is 9.71. The lowest BCUT2D eigenvalue weighted by Crippen LogP contribution is -2.60. The molecule has 0 bridgehead atoms. The number of aliphatic hydroxyl groups is 3. The van der Waals surface area contributed by atoms with Crippen molar-refractivity contribution in [1.82, 2.24) is 0 Å². The smallest absolute Gasteiger partial charge is 0.106 e. The van der Waals surface area contributed by atoms with Gasteiger partial charge < -0.3 is 15.3 Å². The quantitative estimate of drug-likeness (QED) is 0.589. The van der Waals surface area contributed by atoms with Crippen LogP contribution >= 0.6 is 0 Å². The van der Waals surface area contributed by atoms with E-state index >= 15 is 0 Å². The van der Waals surface area contributed by atoms with Gasteiger partial charge in [-0.15, -0.1) is 4.39 Å². The van der Waals surface area contributed by atoms with Gasteiger partial charge >= 0.3 is 0 Å². The van der Waals surface area contributed by atoms with E-state index in [1.54, 1.807) is 0 Å². The molecule has 4 aliphatic carbocycles. The monoisotopic (exact) mass is 350 g/mol. The average Bonchev–Trinajstić information content (AvgIpc) is 2.88. The molecule has 4 heteroatoms. The summed E-state index contributed by atoms with van der Waals surface area (Å²) >= 11 is 0. The third-order valence-corrected chi connectivity index (χ3v) is 8.96. The highest BCUT2D eigenvalue weighted by atomic mass is 19.1. The molecule has 0 spiro atoms. The maximum atomic E-state index is 12.8. The summed E-state index contributed by atoms with van der Waals surface area (Å²) < 4.78 is 12.8. The molecular weight excluding hydrogens is 319 g/mol. The van der Waals surface area contributed by atoms with Crippen molar-refractivity contribution in [2.45, 2.75) is 77.1 Å². The fourth-order valence-corrected chi connectivity index (χ4v) is 7.53. The molecule has 0 aromatic rings. The molecule has 10 atom stereocenters. The SMILES string of the molecule is C[C@]12CCC(O)C(C#CF)C1CC(O)[C@@H]1[C@H]2CC[C@]2(C)C(O)CC[C@@H]12. The standard InChI is InChI=1S/C21H31FO3/c1-20-9-6-16(23)12(7-10-22)15(20)11-17(24)19-13-3-4-18(25)21(13,2)8-5-14(19)20/h12-19,23-25H,3-6,8-9,11H2,1-2H3/t12?,13-,14+,15?,16?,17?,18?,19-,20+,21-/m0/s1. The van der Waals surface area contributed by atoms with Crippen LogP contribution in [0, 0.1) is 52.5 Å². The van der Waals surface area contributed by atoms with Gasteiger partial charge in [0.2, 0.25) is 0 Å². The molecule has 0 aliphatic heterocycles. The minimum absolute atomic E-state index is 0.00742. The van der Waals surface area contributed by atoms with E-state index in [-0.39, 0.29) is 34.7 Å². The molecule has 0 aromatic carbocycles. The summed E-state index contributed by atoms with van der Waals surface area (Å²) in [5, 5.41) is 32.0. The minimum Gasteiger partial charge on any atom is -0.393 e. The predicted molar refractivity (Wildman–Crippen MR) is 92.9 cm³/mol. The number of rotatable bonds is 0. The number of halogens is 1. The first-order chi connectivity index (χ1) is 11.8. The predicted octanol–water partition coefficient (Wildman–Crippen LogP) is 2.88. The Morgan fingerprint density at radius 3 is 2.24 bits per heavy atom. The van der Waals surface area contributed by atoms with Crippen LogP contribution < -0.4 is 0 Å². The Morgan fingerprint density at radius 2 is 1.52 bits per heavy atom. The van der Waals surface area contributed by atoms with Crippen molar-refractivity contribution in [1.29, 1.82) is 0 Å².